The minimum atomic E-state index is -4.49. The van der Waals surface area contributed by atoms with Gasteiger partial charge in [-0.25, -0.2) is 0 Å². The predicted octanol–water partition coefficient (Wildman–Crippen LogP) is 6.12. The third-order valence-corrected chi connectivity index (χ3v) is 5.72. The van der Waals surface area contributed by atoms with Crippen molar-refractivity contribution in [1.29, 1.82) is 0 Å². The fraction of sp³-hybridized carbons (Fsp3) is 0.235. The van der Waals surface area contributed by atoms with E-state index in [0.29, 0.717) is 0 Å². The maximum atomic E-state index is 12.8. The lowest BCUT2D eigenvalue weighted by Gasteiger charge is -2.18. The van der Waals surface area contributed by atoms with Gasteiger partial charge in [-0.2, -0.15) is 13.2 Å². The zero-order valence-corrected chi connectivity index (χ0v) is 15.6. The van der Waals surface area contributed by atoms with Crippen LogP contribution in [0.4, 0.5) is 24.5 Å². The minimum absolute atomic E-state index is 0.0259. The molecule has 1 amide bonds. The number of amides is 1. The van der Waals surface area contributed by atoms with E-state index in [1.54, 1.807) is 24.1 Å². The Labute approximate surface area is 162 Å². The molecule has 1 aliphatic heterocycles. The molecule has 1 heterocycles. The molecule has 0 bridgehead atoms. The highest BCUT2D eigenvalue weighted by molar-refractivity contribution is 8.00. The van der Waals surface area contributed by atoms with Crippen LogP contribution in [-0.2, 0) is 6.18 Å². The van der Waals surface area contributed by atoms with Gasteiger partial charge in [0.25, 0.3) is 5.91 Å². The van der Waals surface area contributed by atoms with Crippen molar-refractivity contribution in [2.45, 2.75) is 12.6 Å². The first-order valence-electron chi connectivity index (χ1n) is 7.64. The number of rotatable bonds is 3. The predicted molar refractivity (Wildman–Crippen MR) is 100 cm³/mol. The molecule has 1 aliphatic rings. The maximum absolute atomic E-state index is 12.8. The number of carbonyl (C=O) groups excluding carboxylic acids is 1. The Kier molecular flexibility index (Phi) is 5.60. The summed E-state index contributed by atoms with van der Waals surface area (Å²) in [6, 6.07) is 7.67. The van der Waals surface area contributed by atoms with Crippen molar-refractivity contribution < 1.29 is 18.0 Å². The van der Waals surface area contributed by atoms with Gasteiger partial charge in [-0.15, -0.1) is 0 Å². The van der Waals surface area contributed by atoms with Gasteiger partial charge in [-0.1, -0.05) is 29.3 Å². The largest absolute Gasteiger partial charge is 0.416 e. The van der Waals surface area contributed by atoms with Crippen LogP contribution in [0.15, 0.2) is 36.4 Å². The molecule has 26 heavy (non-hydrogen) atoms. The van der Waals surface area contributed by atoms with Crippen LogP contribution in [0, 0.1) is 0 Å². The highest BCUT2D eigenvalue weighted by Crippen LogP contribution is 2.36. The molecule has 1 N–H and O–H groups in total. The molecule has 2 aromatic carbocycles. The summed E-state index contributed by atoms with van der Waals surface area (Å²) in [6.45, 7) is 0.817. The summed E-state index contributed by atoms with van der Waals surface area (Å²) >= 11 is 13.9. The number of hydrogen-bond acceptors (Lipinski definition) is 3. The van der Waals surface area contributed by atoms with Crippen LogP contribution in [0.1, 0.15) is 22.3 Å². The monoisotopic (exact) mass is 420 g/mol. The molecule has 0 aliphatic carbocycles. The molecular formula is C17H13Cl2F3N2OS. The fourth-order valence-electron chi connectivity index (χ4n) is 2.51. The van der Waals surface area contributed by atoms with Crippen molar-refractivity contribution in [3.05, 3.63) is 57.6 Å². The van der Waals surface area contributed by atoms with E-state index in [9.17, 15) is 18.0 Å². The summed E-state index contributed by atoms with van der Waals surface area (Å²) in [5.74, 6) is 0.341. The molecule has 1 fully saturated rings. The smallest absolute Gasteiger partial charge is 0.322 e. The van der Waals surface area contributed by atoms with Gasteiger partial charge >= 0.3 is 6.18 Å². The first-order valence-corrected chi connectivity index (χ1v) is 9.33. The average Bonchev–Trinajstić information content (AvgIpc) is 3.11. The first-order chi connectivity index (χ1) is 12.3. The summed E-state index contributed by atoms with van der Waals surface area (Å²) in [7, 11) is 0. The van der Waals surface area contributed by atoms with Crippen LogP contribution in [0.2, 0.25) is 10.0 Å². The van der Waals surface area contributed by atoms with Gasteiger partial charge < -0.3 is 9.62 Å². The third kappa shape index (κ3) is 4.22. The van der Waals surface area contributed by atoms with Crippen molar-refractivity contribution >= 4 is 52.4 Å². The fourth-order valence-corrected chi connectivity index (χ4v) is 3.91. The van der Waals surface area contributed by atoms with Gasteiger partial charge in [0, 0.05) is 23.7 Å². The Morgan fingerprint density at radius 3 is 2.62 bits per heavy atom. The Bertz CT molecular complexity index is 839. The highest BCUT2D eigenvalue weighted by Gasteiger charge is 2.30. The summed E-state index contributed by atoms with van der Waals surface area (Å²) in [6.07, 6.45) is -3.48. The van der Waals surface area contributed by atoms with Crippen LogP contribution in [0.3, 0.4) is 0 Å². The summed E-state index contributed by atoms with van der Waals surface area (Å²) < 4.78 is 40.4. The number of halogens is 5. The van der Waals surface area contributed by atoms with Crippen molar-refractivity contribution in [3.63, 3.8) is 0 Å². The van der Waals surface area contributed by atoms with Crippen molar-refractivity contribution in [2.24, 2.45) is 0 Å². The van der Waals surface area contributed by atoms with Crippen molar-refractivity contribution in [1.82, 2.24) is 0 Å². The third-order valence-electron chi connectivity index (χ3n) is 3.75. The number of benzene rings is 2. The molecule has 0 saturated carbocycles. The SMILES string of the molecule is O=C(Nc1cccc(C(F)(F)F)c1)c1cc(N2CCCS2)cc(Cl)c1Cl. The number of hydrogen-bond donors (Lipinski definition) is 1. The average molecular weight is 421 g/mol. The van der Waals surface area contributed by atoms with Crippen molar-refractivity contribution in [2.75, 3.05) is 21.9 Å². The Morgan fingerprint density at radius 1 is 1.19 bits per heavy atom. The van der Waals surface area contributed by atoms with Crippen LogP contribution in [0.5, 0.6) is 0 Å². The van der Waals surface area contributed by atoms with E-state index < -0.39 is 17.6 Å². The molecule has 138 valence electrons. The molecule has 0 radical (unpaired) electrons. The highest BCUT2D eigenvalue weighted by atomic mass is 35.5. The van der Waals surface area contributed by atoms with Gasteiger partial charge in [0.15, 0.2) is 0 Å². The zero-order chi connectivity index (χ0) is 18.9. The molecule has 3 nitrogen and oxygen atoms in total. The van der Waals surface area contributed by atoms with Gasteiger partial charge in [0.1, 0.15) is 0 Å². The second-order valence-electron chi connectivity index (χ2n) is 5.61. The number of anilines is 2. The normalized spacial score (nSPS) is 14.6. The second-order valence-corrected chi connectivity index (χ2v) is 7.50. The van der Waals surface area contributed by atoms with E-state index in [-0.39, 0.29) is 21.3 Å². The van der Waals surface area contributed by atoms with Crippen LogP contribution in [-0.4, -0.2) is 18.2 Å². The Balaban J connectivity index is 1.88. The lowest BCUT2D eigenvalue weighted by atomic mass is 10.1. The summed E-state index contributed by atoms with van der Waals surface area (Å²) in [4.78, 5) is 12.6. The Hall–Kier alpha value is -1.57. The summed E-state index contributed by atoms with van der Waals surface area (Å²) in [5, 5.41) is 2.72. The zero-order valence-electron chi connectivity index (χ0n) is 13.2. The number of alkyl halides is 3. The van der Waals surface area contributed by atoms with Crippen LogP contribution < -0.4 is 9.62 Å². The minimum Gasteiger partial charge on any atom is -0.322 e. The van der Waals surface area contributed by atoms with Crippen molar-refractivity contribution in [3.8, 4) is 0 Å². The number of nitrogens with zero attached hydrogens (tertiary/aromatic N) is 1. The lowest BCUT2D eigenvalue weighted by Crippen LogP contribution is -2.15. The quantitative estimate of drug-likeness (QED) is 0.606. The number of nitrogens with one attached hydrogen (secondary N) is 1. The van der Waals surface area contributed by atoms with E-state index in [4.69, 9.17) is 23.2 Å². The van der Waals surface area contributed by atoms with Crippen LogP contribution in [0.25, 0.3) is 0 Å². The molecule has 0 spiro atoms. The molecule has 9 heteroatoms. The maximum Gasteiger partial charge on any atom is 0.416 e. The number of carbonyl (C=O) groups is 1. The topological polar surface area (TPSA) is 32.3 Å². The molecule has 0 aromatic heterocycles. The Morgan fingerprint density at radius 2 is 1.96 bits per heavy atom. The van der Waals surface area contributed by atoms with E-state index in [1.807, 2.05) is 4.31 Å². The van der Waals surface area contributed by atoms with E-state index >= 15 is 0 Å². The molecule has 1 saturated heterocycles. The van der Waals surface area contributed by atoms with Crippen LogP contribution >= 0.6 is 35.1 Å². The van der Waals surface area contributed by atoms with E-state index in [0.717, 1.165) is 36.5 Å². The standard InChI is InChI=1S/C17H13Cl2F3N2OS/c18-14-9-12(24-5-2-6-26-24)8-13(15(14)19)16(25)23-11-4-1-3-10(7-11)17(20,21)22/h1,3-4,7-9H,2,5-6H2,(H,23,25). The van der Waals surface area contributed by atoms with Gasteiger partial charge in [-0.3, -0.25) is 4.79 Å². The molecule has 0 unspecified atom stereocenters. The first kappa shape index (κ1) is 19.2. The molecule has 0 atom stereocenters. The van der Waals surface area contributed by atoms with Gasteiger partial charge in [0.2, 0.25) is 0 Å². The summed E-state index contributed by atoms with van der Waals surface area (Å²) in [5.41, 5.74) is 0.0229. The molecule has 2 aromatic rings. The van der Waals surface area contributed by atoms with Gasteiger partial charge in [-0.05, 0) is 48.7 Å². The van der Waals surface area contributed by atoms with E-state index in [1.165, 1.54) is 12.1 Å². The van der Waals surface area contributed by atoms with E-state index in [2.05, 4.69) is 5.32 Å². The molecule has 3 rings (SSSR count). The second kappa shape index (κ2) is 7.58. The molecular weight excluding hydrogens is 408 g/mol. The lowest BCUT2D eigenvalue weighted by molar-refractivity contribution is -0.137. The van der Waals surface area contributed by atoms with Gasteiger partial charge in [0.05, 0.1) is 21.2 Å².